The summed E-state index contributed by atoms with van der Waals surface area (Å²) in [5.41, 5.74) is -0.172. The van der Waals surface area contributed by atoms with Crippen LogP contribution in [0.5, 0.6) is 0 Å². The number of hydrogen-bond donors (Lipinski definition) is 6. The first-order valence-corrected chi connectivity index (χ1v) is 10.7. The molecule has 6 N–H and O–H groups in total. The van der Waals surface area contributed by atoms with Crippen molar-refractivity contribution in [3.8, 4) is 0 Å². The molecule has 13 heteroatoms. The molecule has 1 aromatic heterocycles. The quantitative estimate of drug-likeness (QED) is 0.234. The van der Waals surface area contributed by atoms with Gasteiger partial charge >= 0.3 is 0 Å². The highest BCUT2D eigenvalue weighted by Gasteiger charge is 2.17. The molecule has 4 heterocycles. The molecule has 30 heavy (non-hydrogen) atoms. The normalized spacial score (nSPS) is 19.4. The molecule has 3 aliphatic rings. The lowest BCUT2D eigenvalue weighted by atomic mass is 10.2. The number of thiocarbonyl (C=S) groups is 3. The Labute approximate surface area is 195 Å². The molecule has 9 nitrogen and oxygen atoms in total. The van der Waals surface area contributed by atoms with E-state index < -0.39 is 0 Å². The van der Waals surface area contributed by atoms with Crippen LogP contribution in [-0.4, -0.2) is 50.0 Å². The second-order valence-corrected chi connectivity index (χ2v) is 8.27. The summed E-state index contributed by atoms with van der Waals surface area (Å²) in [5.74, 6) is 0.0833. The molecule has 1 unspecified atom stereocenters. The molecular weight excluding hydrogens is 464 g/mol. The molecule has 0 spiro atoms. The zero-order valence-electron chi connectivity index (χ0n) is 16.3. The molecule has 2 amide bonds. The van der Waals surface area contributed by atoms with Gasteiger partial charge < -0.3 is 26.3 Å². The standard InChI is InChI=1S/C5H9NS.C4H4N2O2S.C4H4N2OS.C4H7NS/c1-4-2-5(7)6-3-4;7-2-1-3(8)6-4(9)5-2;7-3-1-2-5-4(8)6-3;6-4-2-1-3-5-4/h4H,2-3H2,1H3,(H,6,7);1H2,(H2,5,6,7,8,9);1-2H,(H2,5,6,7,8);1-3H2,(H,5,6). The zero-order valence-corrected chi connectivity index (χ0v) is 19.6. The Balaban J connectivity index is 0.000000202. The van der Waals surface area contributed by atoms with Crippen LogP contribution in [0.15, 0.2) is 17.1 Å². The van der Waals surface area contributed by atoms with Gasteiger partial charge in [0.05, 0.1) is 9.98 Å². The number of carbonyl (C=O) groups excluding carboxylic acids is 2. The predicted octanol–water partition coefficient (Wildman–Crippen LogP) is 0.980. The molecule has 3 fully saturated rings. The molecule has 1 atom stereocenters. The summed E-state index contributed by atoms with van der Waals surface area (Å²) in [6.07, 6.45) is 4.81. The number of rotatable bonds is 0. The van der Waals surface area contributed by atoms with E-state index in [0.29, 0.717) is 4.77 Å². The van der Waals surface area contributed by atoms with Crippen LogP contribution in [0.25, 0.3) is 0 Å². The summed E-state index contributed by atoms with van der Waals surface area (Å²) in [6.45, 7) is 4.38. The molecule has 0 aliphatic carbocycles. The summed E-state index contributed by atoms with van der Waals surface area (Å²) < 4.78 is 0.359. The molecule has 0 bridgehead atoms. The van der Waals surface area contributed by atoms with Crippen molar-refractivity contribution in [2.45, 2.75) is 32.6 Å². The van der Waals surface area contributed by atoms with Crippen molar-refractivity contribution in [2.24, 2.45) is 5.92 Å². The van der Waals surface area contributed by atoms with E-state index in [1.807, 2.05) is 0 Å². The number of nitrogens with one attached hydrogen (secondary N) is 6. The Morgan fingerprint density at radius 1 is 0.967 bits per heavy atom. The van der Waals surface area contributed by atoms with Gasteiger partial charge in [0.2, 0.25) is 11.8 Å². The topological polar surface area (TPSA) is 131 Å². The van der Waals surface area contributed by atoms with E-state index >= 15 is 0 Å². The molecule has 164 valence electrons. The molecular formula is C17H24N6O3S4. The minimum atomic E-state index is -0.344. The van der Waals surface area contributed by atoms with E-state index in [-0.39, 0.29) is 28.9 Å². The Morgan fingerprint density at radius 2 is 1.63 bits per heavy atom. The molecule has 0 saturated carbocycles. The molecule has 4 rings (SSSR count). The predicted molar refractivity (Wildman–Crippen MR) is 130 cm³/mol. The molecule has 1 aromatic rings. The van der Waals surface area contributed by atoms with Crippen molar-refractivity contribution in [2.75, 3.05) is 13.1 Å². The average Bonchev–Trinajstić information content (AvgIpc) is 3.26. The van der Waals surface area contributed by atoms with Crippen molar-refractivity contribution in [1.82, 2.24) is 31.2 Å². The Bertz CT molecular complexity index is 819. The maximum absolute atomic E-state index is 10.4. The van der Waals surface area contributed by atoms with Crippen LogP contribution in [0.2, 0.25) is 0 Å². The van der Waals surface area contributed by atoms with Crippen LogP contribution in [0, 0.1) is 10.7 Å². The first-order valence-electron chi connectivity index (χ1n) is 9.10. The van der Waals surface area contributed by atoms with Gasteiger partial charge in [0.1, 0.15) is 6.42 Å². The van der Waals surface area contributed by atoms with Crippen LogP contribution in [0.3, 0.4) is 0 Å². The van der Waals surface area contributed by atoms with Crippen LogP contribution >= 0.6 is 48.9 Å². The van der Waals surface area contributed by atoms with Crippen molar-refractivity contribution in [3.63, 3.8) is 0 Å². The lowest BCUT2D eigenvalue weighted by Gasteiger charge is -2.12. The minimum Gasteiger partial charge on any atom is -0.380 e. The monoisotopic (exact) mass is 488 g/mol. The number of amides is 2. The third kappa shape index (κ3) is 12.5. The summed E-state index contributed by atoms with van der Waals surface area (Å²) in [7, 11) is 0. The van der Waals surface area contributed by atoms with Crippen molar-refractivity contribution in [3.05, 3.63) is 27.4 Å². The molecule has 0 aromatic carbocycles. The van der Waals surface area contributed by atoms with Crippen molar-refractivity contribution in [1.29, 1.82) is 0 Å². The number of carbonyl (C=O) groups is 2. The Hall–Kier alpha value is -2.09. The van der Waals surface area contributed by atoms with Crippen LogP contribution in [0.4, 0.5) is 0 Å². The van der Waals surface area contributed by atoms with E-state index in [1.165, 1.54) is 18.7 Å². The SMILES string of the molecule is CC1CNC(=S)C1.O=C1CC(=O)NC(=S)N1.O=c1cc[nH]c(=S)[nH]1.S=C1CCCN1. The maximum Gasteiger partial charge on any atom is 0.251 e. The van der Waals surface area contributed by atoms with Gasteiger partial charge in [0, 0.05) is 31.8 Å². The van der Waals surface area contributed by atoms with E-state index in [1.54, 1.807) is 0 Å². The highest BCUT2D eigenvalue weighted by atomic mass is 32.1. The first-order chi connectivity index (χ1) is 14.2. The summed E-state index contributed by atoms with van der Waals surface area (Å²) in [4.78, 5) is 38.3. The summed E-state index contributed by atoms with van der Waals surface area (Å²) >= 11 is 18.8. The molecule has 0 radical (unpaired) electrons. The number of hydrogen-bond acceptors (Lipinski definition) is 7. The third-order valence-corrected chi connectivity index (χ3v) is 4.68. The third-order valence-electron chi connectivity index (χ3n) is 3.60. The maximum atomic E-state index is 10.4. The van der Waals surface area contributed by atoms with Gasteiger partial charge in [-0.15, -0.1) is 0 Å². The van der Waals surface area contributed by atoms with Gasteiger partial charge in [-0.2, -0.15) is 0 Å². The fraction of sp³-hybridized carbons (Fsp3) is 0.471. The molecule has 3 saturated heterocycles. The van der Waals surface area contributed by atoms with Gasteiger partial charge in [-0.05, 0) is 43.2 Å². The van der Waals surface area contributed by atoms with Crippen molar-refractivity contribution < 1.29 is 9.59 Å². The number of H-pyrrole nitrogens is 2. The van der Waals surface area contributed by atoms with Crippen LogP contribution in [-0.2, 0) is 9.59 Å². The fourth-order valence-electron chi connectivity index (χ4n) is 2.22. The smallest absolute Gasteiger partial charge is 0.251 e. The Kier molecular flexibility index (Phi) is 12.1. The van der Waals surface area contributed by atoms with Gasteiger partial charge in [-0.1, -0.05) is 31.4 Å². The largest absolute Gasteiger partial charge is 0.380 e. The first kappa shape index (κ1) is 25.9. The highest BCUT2D eigenvalue weighted by molar-refractivity contribution is 7.80. The fourth-order valence-corrected chi connectivity index (χ4v) is 3.23. The van der Waals surface area contributed by atoms with Gasteiger partial charge in [-0.3, -0.25) is 19.4 Å². The van der Waals surface area contributed by atoms with Gasteiger partial charge in [0.15, 0.2) is 9.88 Å². The second kappa shape index (κ2) is 14.0. The van der Waals surface area contributed by atoms with E-state index in [4.69, 9.17) is 24.4 Å². The summed E-state index contributed by atoms with van der Waals surface area (Å²) in [6, 6.07) is 1.37. The minimum absolute atomic E-state index is 0.0938. The van der Waals surface area contributed by atoms with Crippen LogP contribution < -0.4 is 26.8 Å². The average molecular weight is 489 g/mol. The zero-order chi connectivity index (χ0) is 22.5. The van der Waals surface area contributed by atoms with E-state index in [0.717, 1.165) is 41.8 Å². The lowest BCUT2D eigenvalue weighted by molar-refractivity contribution is -0.129. The van der Waals surface area contributed by atoms with E-state index in [2.05, 4.69) is 62.6 Å². The Morgan fingerprint density at radius 3 is 1.90 bits per heavy atom. The van der Waals surface area contributed by atoms with Gasteiger partial charge in [0.25, 0.3) is 5.56 Å². The van der Waals surface area contributed by atoms with E-state index in [9.17, 15) is 14.4 Å². The van der Waals surface area contributed by atoms with Crippen LogP contribution in [0.1, 0.15) is 32.6 Å². The second-order valence-electron chi connectivity index (χ2n) is 6.47. The summed E-state index contributed by atoms with van der Waals surface area (Å²) in [5, 5.41) is 10.8. The molecule has 3 aliphatic heterocycles. The highest BCUT2D eigenvalue weighted by Crippen LogP contribution is 2.06. The number of aromatic nitrogens is 2. The van der Waals surface area contributed by atoms with Gasteiger partial charge in [-0.25, -0.2) is 0 Å². The lowest BCUT2D eigenvalue weighted by Crippen LogP contribution is -2.49. The number of aromatic amines is 2. The van der Waals surface area contributed by atoms with Crippen molar-refractivity contribution >= 4 is 75.8 Å².